The molecule has 0 aliphatic heterocycles. The third-order valence-electron chi connectivity index (χ3n) is 2.82. The maximum Gasteiger partial charge on any atom is 0.0595 e. The van der Waals surface area contributed by atoms with E-state index >= 15 is 0 Å². The quantitative estimate of drug-likeness (QED) is 0.814. The summed E-state index contributed by atoms with van der Waals surface area (Å²) in [6.07, 6.45) is 1.04. The van der Waals surface area contributed by atoms with E-state index in [1.165, 1.54) is 5.56 Å². The van der Waals surface area contributed by atoms with E-state index < -0.39 is 0 Å². The maximum atomic E-state index is 5.98. The van der Waals surface area contributed by atoms with Crippen molar-refractivity contribution in [1.29, 1.82) is 0 Å². The molecule has 3 heteroatoms. The van der Waals surface area contributed by atoms with E-state index in [2.05, 4.69) is 36.5 Å². The van der Waals surface area contributed by atoms with Crippen LogP contribution in [0.3, 0.4) is 0 Å². The van der Waals surface area contributed by atoms with Gasteiger partial charge in [0.25, 0.3) is 0 Å². The SMILES string of the molecule is CCc1cccc(NCc2ccc(Cl)c(Cl)c2)c1. The number of halogens is 2. The second-order valence-corrected chi connectivity index (χ2v) is 4.97. The summed E-state index contributed by atoms with van der Waals surface area (Å²) < 4.78 is 0. The van der Waals surface area contributed by atoms with Gasteiger partial charge in [-0.2, -0.15) is 0 Å². The third kappa shape index (κ3) is 3.41. The Balaban J connectivity index is 2.04. The van der Waals surface area contributed by atoms with Gasteiger partial charge in [-0.15, -0.1) is 0 Å². The van der Waals surface area contributed by atoms with Gasteiger partial charge >= 0.3 is 0 Å². The van der Waals surface area contributed by atoms with Crippen molar-refractivity contribution in [1.82, 2.24) is 0 Å². The molecule has 18 heavy (non-hydrogen) atoms. The molecular weight excluding hydrogens is 265 g/mol. The topological polar surface area (TPSA) is 12.0 Å². The van der Waals surface area contributed by atoms with E-state index in [0.717, 1.165) is 24.2 Å². The highest BCUT2D eigenvalue weighted by Gasteiger charge is 2.00. The van der Waals surface area contributed by atoms with E-state index in [1.54, 1.807) is 0 Å². The van der Waals surface area contributed by atoms with Crippen LogP contribution in [0.1, 0.15) is 18.1 Å². The van der Waals surface area contributed by atoms with Crippen LogP contribution in [-0.4, -0.2) is 0 Å². The van der Waals surface area contributed by atoms with Gasteiger partial charge in [0.15, 0.2) is 0 Å². The summed E-state index contributed by atoms with van der Waals surface area (Å²) in [5.74, 6) is 0. The lowest BCUT2D eigenvalue weighted by atomic mass is 10.1. The normalized spacial score (nSPS) is 10.4. The van der Waals surface area contributed by atoms with E-state index in [4.69, 9.17) is 23.2 Å². The minimum Gasteiger partial charge on any atom is -0.381 e. The zero-order valence-corrected chi connectivity index (χ0v) is 11.7. The fraction of sp³-hybridized carbons (Fsp3) is 0.200. The molecule has 1 N–H and O–H groups in total. The zero-order chi connectivity index (χ0) is 13.0. The zero-order valence-electron chi connectivity index (χ0n) is 10.2. The van der Waals surface area contributed by atoms with Gasteiger partial charge in [-0.25, -0.2) is 0 Å². The number of benzene rings is 2. The summed E-state index contributed by atoms with van der Waals surface area (Å²) >= 11 is 11.9. The van der Waals surface area contributed by atoms with Crippen LogP contribution in [0.5, 0.6) is 0 Å². The number of hydrogen-bond donors (Lipinski definition) is 1. The van der Waals surface area contributed by atoms with Crippen LogP contribution in [0.15, 0.2) is 42.5 Å². The molecule has 0 amide bonds. The van der Waals surface area contributed by atoms with Crippen molar-refractivity contribution in [3.8, 4) is 0 Å². The standard InChI is InChI=1S/C15H15Cl2N/c1-2-11-4-3-5-13(8-11)18-10-12-6-7-14(16)15(17)9-12/h3-9,18H,2,10H2,1H3. The van der Waals surface area contributed by atoms with E-state index in [1.807, 2.05) is 18.2 Å². The van der Waals surface area contributed by atoms with Crippen molar-refractivity contribution >= 4 is 28.9 Å². The van der Waals surface area contributed by atoms with Gasteiger partial charge in [-0.1, -0.05) is 48.3 Å². The van der Waals surface area contributed by atoms with Crippen molar-refractivity contribution in [3.63, 3.8) is 0 Å². The van der Waals surface area contributed by atoms with E-state index in [0.29, 0.717) is 10.0 Å². The summed E-state index contributed by atoms with van der Waals surface area (Å²) in [6, 6.07) is 14.1. The lowest BCUT2D eigenvalue weighted by molar-refractivity contribution is 1.12. The smallest absolute Gasteiger partial charge is 0.0595 e. The molecule has 0 aliphatic carbocycles. The Morgan fingerprint density at radius 3 is 2.50 bits per heavy atom. The van der Waals surface area contributed by atoms with Gasteiger partial charge in [0.2, 0.25) is 0 Å². The molecule has 0 heterocycles. The number of anilines is 1. The van der Waals surface area contributed by atoms with Crippen molar-refractivity contribution in [2.45, 2.75) is 19.9 Å². The van der Waals surface area contributed by atoms with E-state index in [9.17, 15) is 0 Å². The monoisotopic (exact) mass is 279 g/mol. The summed E-state index contributed by atoms with van der Waals surface area (Å²) in [5.41, 5.74) is 3.57. The molecule has 0 bridgehead atoms. The van der Waals surface area contributed by atoms with Crippen LogP contribution < -0.4 is 5.32 Å². The highest BCUT2D eigenvalue weighted by Crippen LogP contribution is 2.23. The van der Waals surface area contributed by atoms with Gasteiger partial charge in [-0.3, -0.25) is 0 Å². The number of hydrogen-bond acceptors (Lipinski definition) is 1. The Hall–Kier alpha value is -1.18. The third-order valence-corrected chi connectivity index (χ3v) is 3.55. The average molecular weight is 280 g/mol. The minimum atomic E-state index is 0.591. The van der Waals surface area contributed by atoms with Crippen molar-refractivity contribution < 1.29 is 0 Å². The summed E-state index contributed by atoms with van der Waals surface area (Å²) in [6.45, 7) is 2.89. The number of rotatable bonds is 4. The summed E-state index contributed by atoms with van der Waals surface area (Å²) in [4.78, 5) is 0. The Bertz CT molecular complexity index is 538. The molecule has 0 aromatic heterocycles. The average Bonchev–Trinajstić information content (AvgIpc) is 2.40. The molecule has 0 fully saturated rings. The molecule has 0 saturated heterocycles. The molecule has 0 atom stereocenters. The fourth-order valence-electron chi connectivity index (χ4n) is 1.75. The van der Waals surface area contributed by atoms with Crippen LogP contribution in [0, 0.1) is 0 Å². The molecular formula is C15H15Cl2N. The summed E-state index contributed by atoms with van der Waals surface area (Å²) in [7, 11) is 0. The highest BCUT2D eigenvalue weighted by atomic mass is 35.5. The van der Waals surface area contributed by atoms with Crippen molar-refractivity contribution in [2.24, 2.45) is 0 Å². The Kier molecular flexibility index (Phi) is 4.51. The number of aryl methyl sites for hydroxylation is 1. The fourth-order valence-corrected chi connectivity index (χ4v) is 2.08. The molecule has 2 rings (SSSR count). The van der Waals surface area contributed by atoms with E-state index in [-0.39, 0.29) is 0 Å². The molecule has 94 valence electrons. The Labute approximate surface area is 118 Å². The van der Waals surface area contributed by atoms with Crippen LogP contribution in [0.25, 0.3) is 0 Å². The molecule has 0 saturated carbocycles. The van der Waals surface area contributed by atoms with Crippen molar-refractivity contribution in [3.05, 3.63) is 63.6 Å². The predicted molar refractivity (Wildman–Crippen MR) is 79.6 cm³/mol. The first-order valence-corrected chi connectivity index (χ1v) is 6.71. The second-order valence-electron chi connectivity index (χ2n) is 4.16. The van der Waals surface area contributed by atoms with Gasteiger partial charge in [-0.05, 0) is 41.8 Å². The molecule has 1 nitrogen and oxygen atoms in total. The highest BCUT2D eigenvalue weighted by molar-refractivity contribution is 6.42. The first-order chi connectivity index (χ1) is 8.69. The van der Waals surface area contributed by atoms with Gasteiger partial charge in [0, 0.05) is 12.2 Å². The molecule has 0 radical (unpaired) electrons. The predicted octanol–water partition coefficient (Wildman–Crippen LogP) is 5.17. The minimum absolute atomic E-state index is 0.591. The Morgan fingerprint density at radius 2 is 1.78 bits per heavy atom. The molecule has 2 aromatic carbocycles. The Morgan fingerprint density at radius 1 is 0.944 bits per heavy atom. The molecule has 0 spiro atoms. The molecule has 0 unspecified atom stereocenters. The number of nitrogens with one attached hydrogen (secondary N) is 1. The second kappa shape index (κ2) is 6.12. The van der Waals surface area contributed by atoms with Crippen LogP contribution in [0.4, 0.5) is 5.69 Å². The van der Waals surface area contributed by atoms with Crippen LogP contribution in [-0.2, 0) is 13.0 Å². The van der Waals surface area contributed by atoms with Crippen LogP contribution in [0.2, 0.25) is 10.0 Å². The largest absolute Gasteiger partial charge is 0.381 e. The lowest BCUT2D eigenvalue weighted by Crippen LogP contribution is -1.99. The van der Waals surface area contributed by atoms with Crippen molar-refractivity contribution in [2.75, 3.05) is 5.32 Å². The summed E-state index contributed by atoms with van der Waals surface area (Å²) in [5, 5.41) is 4.57. The van der Waals surface area contributed by atoms with Gasteiger partial charge in [0.1, 0.15) is 0 Å². The maximum absolute atomic E-state index is 5.98. The van der Waals surface area contributed by atoms with Gasteiger partial charge < -0.3 is 5.32 Å². The first-order valence-electron chi connectivity index (χ1n) is 5.96. The molecule has 0 aliphatic rings. The van der Waals surface area contributed by atoms with Gasteiger partial charge in [0.05, 0.1) is 10.0 Å². The molecule has 2 aromatic rings. The van der Waals surface area contributed by atoms with Crippen LogP contribution >= 0.6 is 23.2 Å². The first kappa shape index (κ1) is 13.3. The lowest BCUT2D eigenvalue weighted by Gasteiger charge is -2.08.